The van der Waals surface area contributed by atoms with Crippen molar-refractivity contribution in [2.45, 2.75) is 31.9 Å². The Bertz CT molecular complexity index is 632. The fourth-order valence-electron chi connectivity index (χ4n) is 2.96. The molecule has 1 aliphatic heterocycles. The number of carbonyl (C=O) groups is 1. The van der Waals surface area contributed by atoms with Crippen molar-refractivity contribution >= 4 is 11.9 Å². The van der Waals surface area contributed by atoms with Crippen LogP contribution in [-0.2, 0) is 4.79 Å². The molecule has 7 nitrogen and oxygen atoms in total. The molecule has 3 N–H and O–H groups in total. The predicted molar refractivity (Wildman–Crippen MR) is 105 cm³/mol. The third kappa shape index (κ3) is 7.42. The average Bonchev–Trinajstić information content (AvgIpc) is 2.66. The highest BCUT2D eigenvalue weighted by Crippen LogP contribution is 2.13. The van der Waals surface area contributed by atoms with Gasteiger partial charge in [-0.25, -0.2) is 4.39 Å². The second-order valence-electron chi connectivity index (χ2n) is 6.71. The van der Waals surface area contributed by atoms with Gasteiger partial charge in [0.25, 0.3) is 0 Å². The number of hydrogen-bond donors (Lipinski definition) is 3. The van der Waals surface area contributed by atoms with E-state index in [9.17, 15) is 9.18 Å². The number of ether oxygens (including phenoxy) is 1. The van der Waals surface area contributed by atoms with Gasteiger partial charge in [0.15, 0.2) is 5.96 Å². The van der Waals surface area contributed by atoms with Gasteiger partial charge in [0.1, 0.15) is 17.7 Å². The number of halogens is 1. The molecular formula is C19H30FN5O2. The number of benzene rings is 1. The summed E-state index contributed by atoms with van der Waals surface area (Å²) in [5.41, 5.74) is 0. The number of hydrogen-bond acceptors (Lipinski definition) is 4. The minimum Gasteiger partial charge on any atom is -0.489 e. The Morgan fingerprint density at radius 3 is 2.78 bits per heavy atom. The van der Waals surface area contributed by atoms with E-state index in [-0.39, 0.29) is 17.8 Å². The smallest absolute Gasteiger partial charge is 0.233 e. The molecular weight excluding hydrogens is 349 g/mol. The second-order valence-corrected chi connectivity index (χ2v) is 6.71. The standard InChI is InChI=1S/C19H30FN5O2/c1-14(27-17-6-4-5-15(20)11-17)12-23-19(22-3)24-16-7-9-25(10-8-16)13-18(26)21-2/h4-6,11,14,16H,7-10,12-13H2,1-3H3,(H,21,26)(H2,22,23,24). The lowest BCUT2D eigenvalue weighted by Crippen LogP contribution is -2.51. The van der Waals surface area contributed by atoms with Gasteiger partial charge in [0.2, 0.25) is 5.91 Å². The largest absolute Gasteiger partial charge is 0.489 e. The van der Waals surface area contributed by atoms with Crippen molar-refractivity contribution < 1.29 is 13.9 Å². The lowest BCUT2D eigenvalue weighted by Gasteiger charge is -2.32. The minimum atomic E-state index is -0.312. The molecule has 27 heavy (non-hydrogen) atoms. The van der Waals surface area contributed by atoms with Crippen LogP contribution in [0.25, 0.3) is 0 Å². The summed E-state index contributed by atoms with van der Waals surface area (Å²) in [5.74, 6) is 0.962. The molecule has 1 unspecified atom stereocenters. The Morgan fingerprint density at radius 2 is 2.15 bits per heavy atom. The van der Waals surface area contributed by atoms with E-state index in [0.29, 0.717) is 24.9 Å². The number of rotatable bonds is 7. The summed E-state index contributed by atoms with van der Waals surface area (Å²) in [6, 6.07) is 6.44. The Hall–Kier alpha value is -2.35. The van der Waals surface area contributed by atoms with Crippen LogP contribution in [0.15, 0.2) is 29.3 Å². The predicted octanol–water partition coefficient (Wildman–Crippen LogP) is 0.968. The van der Waals surface area contributed by atoms with E-state index in [4.69, 9.17) is 4.74 Å². The number of piperidine rings is 1. The zero-order valence-electron chi connectivity index (χ0n) is 16.3. The average molecular weight is 379 g/mol. The Labute approximate surface area is 160 Å². The van der Waals surface area contributed by atoms with Gasteiger partial charge >= 0.3 is 0 Å². The van der Waals surface area contributed by atoms with E-state index in [1.165, 1.54) is 12.1 Å². The van der Waals surface area contributed by atoms with E-state index in [2.05, 4.69) is 25.8 Å². The quantitative estimate of drug-likeness (QED) is 0.486. The molecule has 8 heteroatoms. The molecule has 0 saturated carbocycles. The Morgan fingerprint density at radius 1 is 1.41 bits per heavy atom. The lowest BCUT2D eigenvalue weighted by molar-refractivity contribution is -0.122. The molecule has 1 aromatic carbocycles. The van der Waals surface area contributed by atoms with Crippen LogP contribution >= 0.6 is 0 Å². The molecule has 1 aliphatic rings. The molecule has 1 atom stereocenters. The molecule has 1 aromatic rings. The second kappa shape index (κ2) is 10.7. The molecule has 1 amide bonds. The topological polar surface area (TPSA) is 78.0 Å². The number of likely N-dealkylation sites (N-methyl/N-ethyl adjacent to an activating group) is 1. The molecule has 2 rings (SSSR count). The van der Waals surface area contributed by atoms with E-state index in [1.54, 1.807) is 26.2 Å². The van der Waals surface area contributed by atoms with Crippen LogP contribution in [0.2, 0.25) is 0 Å². The SMILES string of the molecule is CN=C(NCC(C)Oc1cccc(F)c1)NC1CCN(CC(=O)NC)CC1. The van der Waals surface area contributed by atoms with Gasteiger partial charge in [0, 0.05) is 39.3 Å². The molecule has 0 aromatic heterocycles. The van der Waals surface area contributed by atoms with Crippen LogP contribution < -0.4 is 20.7 Å². The summed E-state index contributed by atoms with van der Waals surface area (Å²) in [6.07, 6.45) is 1.76. The van der Waals surface area contributed by atoms with E-state index in [1.807, 2.05) is 6.92 Å². The molecule has 1 saturated heterocycles. The normalized spacial score (nSPS) is 17.3. The number of carbonyl (C=O) groups excluding carboxylic acids is 1. The fourth-order valence-corrected chi connectivity index (χ4v) is 2.96. The zero-order valence-corrected chi connectivity index (χ0v) is 16.3. The molecule has 0 aliphatic carbocycles. The van der Waals surface area contributed by atoms with E-state index in [0.717, 1.165) is 31.9 Å². The van der Waals surface area contributed by atoms with Crippen LogP contribution in [-0.4, -0.2) is 69.2 Å². The van der Waals surface area contributed by atoms with Gasteiger partial charge in [-0.05, 0) is 31.9 Å². The van der Waals surface area contributed by atoms with Gasteiger partial charge in [0.05, 0.1) is 13.1 Å². The van der Waals surface area contributed by atoms with Crippen LogP contribution in [0, 0.1) is 5.82 Å². The Kier molecular flexibility index (Phi) is 8.32. The summed E-state index contributed by atoms with van der Waals surface area (Å²) in [7, 11) is 3.39. The van der Waals surface area contributed by atoms with E-state index >= 15 is 0 Å². The van der Waals surface area contributed by atoms with E-state index < -0.39 is 0 Å². The van der Waals surface area contributed by atoms with Gasteiger partial charge < -0.3 is 20.7 Å². The van der Waals surface area contributed by atoms with Crippen LogP contribution in [0.1, 0.15) is 19.8 Å². The molecule has 1 heterocycles. The summed E-state index contributed by atoms with van der Waals surface area (Å²) < 4.78 is 18.9. The number of amides is 1. The highest BCUT2D eigenvalue weighted by Gasteiger charge is 2.21. The molecule has 1 fully saturated rings. The van der Waals surface area contributed by atoms with Crippen molar-refractivity contribution in [3.63, 3.8) is 0 Å². The third-order valence-electron chi connectivity index (χ3n) is 4.49. The first kappa shape index (κ1) is 21.0. The first-order chi connectivity index (χ1) is 13.0. The van der Waals surface area contributed by atoms with Crippen LogP contribution in [0.4, 0.5) is 4.39 Å². The van der Waals surface area contributed by atoms with Crippen molar-refractivity contribution in [2.75, 3.05) is 40.3 Å². The van der Waals surface area contributed by atoms with Gasteiger partial charge in [-0.15, -0.1) is 0 Å². The van der Waals surface area contributed by atoms with Crippen molar-refractivity contribution in [3.05, 3.63) is 30.1 Å². The maximum absolute atomic E-state index is 13.2. The van der Waals surface area contributed by atoms with Crippen molar-refractivity contribution in [3.8, 4) is 5.75 Å². The number of likely N-dealkylation sites (tertiary alicyclic amines) is 1. The summed E-state index contributed by atoms with van der Waals surface area (Å²) in [4.78, 5) is 17.9. The molecule has 150 valence electrons. The number of nitrogens with one attached hydrogen (secondary N) is 3. The maximum Gasteiger partial charge on any atom is 0.233 e. The number of guanidine groups is 1. The summed E-state index contributed by atoms with van der Waals surface area (Å²) in [6.45, 7) is 4.67. The third-order valence-corrected chi connectivity index (χ3v) is 4.49. The van der Waals surface area contributed by atoms with Crippen molar-refractivity contribution in [1.29, 1.82) is 0 Å². The van der Waals surface area contributed by atoms with Gasteiger partial charge in [-0.2, -0.15) is 0 Å². The van der Waals surface area contributed by atoms with Crippen LogP contribution in [0.5, 0.6) is 5.75 Å². The van der Waals surface area contributed by atoms with Crippen molar-refractivity contribution in [1.82, 2.24) is 20.9 Å². The maximum atomic E-state index is 13.2. The monoisotopic (exact) mass is 379 g/mol. The van der Waals surface area contributed by atoms with Crippen molar-refractivity contribution in [2.24, 2.45) is 4.99 Å². The lowest BCUT2D eigenvalue weighted by atomic mass is 10.1. The molecule has 0 bridgehead atoms. The summed E-state index contributed by atoms with van der Waals surface area (Å²) in [5, 5.41) is 9.32. The van der Waals surface area contributed by atoms with Gasteiger partial charge in [-0.1, -0.05) is 6.07 Å². The number of nitrogens with zero attached hydrogens (tertiary/aromatic N) is 2. The highest BCUT2D eigenvalue weighted by molar-refractivity contribution is 5.80. The molecule has 0 spiro atoms. The minimum absolute atomic E-state index is 0.0474. The first-order valence-electron chi connectivity index (χ1n) is 9.32. The summed E-state index contributed by atoms with van der Waals surface area (Å²) >= 11 is 0. The highest BCUT2D eigenvalue weighted by atomic mass is 19.1. The zero-order chi connectivity index (χ0) is 19.6. The number of aliphatic imine (C=N–C) groups is 1. The fraction of sp³-hybridized carbons (Fsp3) is 0.579. The Balaban J connectivity index is 1.70. The molecule has 0 radical (unpaired) electrons. The van der Waals surface area contributed by atoms with Crippen LogP contribution in [0.3, 0.4) is 0 Å². The first-order valence-corrected chi connectivity index (χ1v) is 9.32. The van der Waals surface area contributed by atoms with Gasteiger partial charge in [-0.3, -0.25) is 14.7 Å².